The number of piperidine rings is 1. The van der Waals surface area contributed by atoms with Gasteiger partial charge in [0.25, 0.3) is 0 Å². The fraction of sp³-hybridized carbons (Fsp3) is 0.600. The SMILES string of the molecule is N[C@@H]1c2ccccc2CC12C[C@H]1CC[C@@H](C2)N1. The molecule has 1 unspecified atom stereocenters. The van der Waals surface area contributed by atoms with Crippen LogP contribution in [-0.4, -0.2) is 12.1 Å². The lowest BCUT2D eigenvalue weighted by atomic mass is 9.71. The zero-order valence-corrected chi connectivity index (χ0v) is 10.2. The summed E-state index contributed by atoms with van der Waals surface area (Å²) in [6.07, 6.45) is 6.47. The van der Waals surface area contributed by atoms with Gasteiger partial charge in [-0.3, -0.25) is 0 Å². The summed E-state index contributed by atoms with van der Waals surface area (Å²) in [5, 5.41) is 3.73. The van der Waals surface area contributed by atoms with Crippen LogP contribution < -0.4 is 11.1 Å². The average Bonchev–Trinajstić information content (AvgIpc) is 2.80. The van der Waals surface area contributed by atoms with Gasteiger partial charge in [0, 0.05) is 18.1 Å². The third-order valence-electron chi connectivity index (χ3n) is 5.23. The molecule has 2 heterocycles. The van der Waals surface area contributed by atoms with Crippen LogP contribution in [0.3, 0.4) is 0 Å². The van der Waals surface area contributed by atoms with Crippen LogP contribution in [0.5, 0.6) is 0 Å². The molecule has 2 aliphatic heterocycles. The molecule has 1 aromatic rings. The van der Waals surface area contributed by atoms with Crippen molar-refractivity contribution in [2.24, 2.45) is 11.1 Å². The molecule has 0 saturated carbocycles. The van der Waals surface area contributed by atoms with Gasteiger partial charge in [-0.2, -0.15) is 0 Å². The standard InChI is InChI=1S/C15H20N2/c16-14-13-4-2-1-3-10(13)7-15(14)8-11-5-6-12(9-15)17-11/h1-4,11-12,14,17H,5-9,16H2/t11-,12+,14-,15?/m1/s1. The van der Waals surface area contributed by atoms with Gasteiger partial charge in [-0.05, 0) is 48.6 Å². The van der Waals surface area contributed by atoms with E-state index in [9.17, 15) is 0 Å². The minimum atomic E-state index is 0.267. The van der Waals surface area contributed by atoms with Gasteiger partial charge in [0.1, 0.15) is 0 Å². The summed E-state index contributed by atoms with van der Waals surface area (Å²) in [6.45, 7) is 0. The quantitative estimate of drug-likeness (QED) is 0.714. The maximum absolute atomic E-state index is 6.58. The first-order chi connectivity index (χ1) is 8.27. The van der Waals surface area contributed by atoms with Crippen LogP contribution in [-0.2, 0) is 6.42 Å². The Morgan fingerprint density at radius 2 is 1.82 bits per heavy atom. The number of hydrogen-bond donors (Lipinski definition) is 2. The third kappa shape index (κ3) is 1.34. The highest BCUT2D eigenvalue weighted by molar-refractivity contribution is 5.38. The molecule has 90 valence electrons. The largest absolute Gasteiger partial charge is 0.323 e. The van der Waals surface area contributed by atoms with Gasteiger partial charge in [-0.25, -0.2) is 0 Å². The maximum Gasteiger partial charge on any atom is 0.0359 e. The van der Waals surface area contributed by atoms with E-state index in [-0.39, 0.29) is 6.04 Å². The van der Waals surface area contributed by atoms with Gasteiger partial charge >= 0.3 is 0 Å². The second kappa shape index (κ2) is 3.33. The summed E-state index contributed by atoms with van der Waals surface area (Å²) >= 11 is 0. The maximum atomic E-state index is 6.58. The van der Waals surface area contributed by atoms with Crippen molar-refractivity contribution in [1.82, 2.24) is 5.32 Å². The molecule has 4 atom stereocenters. The van der Waals surface area contributed by atoms with Gasteiger partial charge in [0.15, 0.2) is 0 Å². The predicted molar refractivity (Wildman–Crippen MR) is 68.7 cm³/mol. The highest BCUT2D eigenvalue weighted by Crippen LogP contribution is 2.54. The summed E-state index contributed by atoms with van der Waals surface area (Å²) in [5.74, 6) is 0. The molecule has 2 bridgehead atoms. The molecule has 1 spiro atoms. The Balaban J connectivity index is 1.73. The van der Waals surface area contributed by atoms with Crippen LogP contribution in [0.4, 0.5) is 0 Å². The Hall–Kier alpha value is -0.860. The van der Waals surface area contributed by atoms with Crippen LogP contribution in [0, 0.1) is 5.41 Å². The van der Waals surface area contributed by atoms with E-state index in [1.807, 2.05) is 0 Å². The van der Waals surface area contributed by atoms with Crippen LogP contribution >= 0.6 is 0 Å². The van der Waals surface area contributed by atoms with Gasteiger partial charge in [-0.1, -0.05) is 24.3 Å². The molecule has 2 fully saturated rings. The van der Waals surface area contributed by atoms with Gasteiger partial charge in [0.05, 0.1) is 0 Å². The number of benzene rings is 1. The minimum absolute atomic E-state index is 0.267. The van der Waals surface area contributed by atoms with E-state index in [2.05, 4.69) is 29.6 Å². The molecule has 3 aliphatic rings. The molecular formula is C15H20N2. The lowest BCUT2D eigenvalue weighted by Gasteiger charge is -2.41. The molecular weight excluding hydrogens is 208 g/mol. The molecule has 4 rings (SSSR count). The number of nitrogens with two attached hydrogens (primary N) is 1. The zero-order valence-electron chi connectivity index (χ0n) is 10.2. The van der Waals surface area contributed by atoms with Crippen LogP contribution in [0.15, 0.2) is 24.3 Å². The number of nitrogens with one attached hydrogen (secondary N) is 1. The van der Waals surface area contributed by atoms with E-state index in [1.54, 1.807) is 0 Å². The smallest absolute Gasteiger partial charge is 0.0359 e. The van der Waals surface area contributed by atoms with E-state index in [4.69, 9.17) is 5.73 Å². The molecule has 0 radical (unpaired) electrons. The van der Waals surface area contributed by atoms with Crippen molar-refractivity contribution < 1.29 is 0 Å². The minimum Gasteiger partial charge on any atom is -0.323 e. The summed E-state index contributed by atoms with van der Waals surface area (Å²) in [4.78, 5) is 0. The fourth-order valence-corrected chi connectivity index (χ4v) is 4.51. The molecule has 1 aliphatic carbocycles. The molecule has 3 N–H and O–H groups in total. The molecule has 0 amide bonds. The summed E-state index contributed by atoms with van der Waals surface area (Å²) in [6, 6.07) is 10.5. The Kier molecular flexibility index (Phi) is 1.98. The van der Waals surface area contributed by atoms with Crippen molar-refractivity contribution in [1.29, 1.82) is 0 Å². The zero-order chi connectivity index (χ0) is 11.5. The second-order valence-electron chi connectivity index (χ2n) is 6.26. The lowest BCUT2D eigenvalue weighted by molar-refractivity contribution is 0.136. The Bertz CT molecular complexity index is 442. The van der Waals surface area contributed by atoms with Crippen molar-refractivity contribution >= 4 is 0 Å². The topological polar surface area (TPSA) is 38.0 Å². The molecule has 2 saturated heterocycles. The lowest BCUT2D eigenvalue weighted by Crippen LogP contribution is -2.47. The highest BCUT2D eigenvalue weighted by Gasteiger charge is 2.50. The molecule has 17 heavy (non-hydrogen) atoms. The van der Waals surface area contributed by atoms with Crippen molar-refractivity contribution in [3.8, 4) is 0 Å². The van der Waals surface area contributed by atoms with E-state index in [0.29, 0.717) is 5.41 Å². The van der Waals surface area contributed by atoms with E-state index in [0.717, 1.165) is 12.1 Å². The monoisotopic (exact) mass is 228 g/mol. The van der Waals surface area contributed by atoms with E-state index in [1.165, 1.54) is 43.2 Å². The number of hydrogen-bond acceptors (Lipinski definition) is 2. The molecule has 2 heteroatoms. The number of fused-ring (bicyclic) bond motifs is 3. The highest BCUT2D eigenvalue weighted by atomic mass is 15.0. The third-order valence-corrected chi connectivity index (χ3v) is 5.23. The van der Waals surface area contributed by atoms with E-state index >= 15 is 0 Å². The summed E-state index contributed by atoms with van der Waals surface area (Å²) in [5.41, 5.74) is 9.85. The number of rotatable bonds is 0. The summed E-state index contributed by atoms with van der Waals surface area (Å²) in [7, 11) is 0. The normalized spacial score (nSPS) is 43.0. The first kappa shape index (κ1) is 10.1. The Morgan fingerprint density at radius 3 is 2.53 bits per heavy atom. The van der Waals surface area contributed by atoms with Crippen LogP contribution in [0.2, 0.25) is 0 Å². The average molecular weight is 228 g/mol. The Labute approximate surface area is 103 Å². The molecule has 2 nitrogen and oxygen atoms in total. The van der Waals surface area contributed by atoms with Crippen molar-refractivity contribution in [2.45, 2.75) is 50.2 Å². The fourth-order valence-electron chi connectivity index (χ4n) is 4.51. The predicted octanol–water partition coefficient (Wildman–Crippen LogP) is 2.14. The van der Waals surface area contributed by atoms with Crippen LogP contribution in [0.25, 0.3) is 0 Å². The second-order valence-corrected chi connectivity index (χ2v) is 6.26. The van der Waals surface area contributed by atoms with Gasteiger partial charge < -0.3 is 11.1 Å². The van der Waals surface area contributed by atoms with Crippen LogP contribution in [0.1, 0.15) is 42.9 Å². The van der Waals surface area contributed by atoms with Gasteiger partial charge in [0.2, 0.25) is 0 Å². The van der Waals surface area contributed by atoms with Crippen molar-refractivity contribution in [2.75, 3.05) is 0 Å². The van der Waals surface area contributed by atoms with Gasteiger partial charge in [-0.15, -0.1) is 0 Å². The first-order valence-electron chi connectivity index (χ1n) is 6.86. The van der Waals surface area contributed by atoms with E-state index < -0.39 is 0 Å². The van der Waals surface area contributed by atoms with Crippen molar-refractivity contribution in [3.05, 3.63) is 35.4 Å². The Morgan fingerprint density at radius 1 is 1.12 bits per heavy atom. The summed E-state index contributed by atoms with van der Waals surface area (Å²) < 4.78 is 0. The molecule has 1 aromatic carbocycles. The van der Waals surface area contributed by atoms with Crippen molar-refractivity contribution in [3.63, 3.8) is 0 Å². The molecule has 0 aromatic heterocycles. The first-order valence-corrected chi connectivity index (χ1v) is 6.86.